The van der Waals surface area contributed by atoms with Gasteiger partial charge in [0.2, 0.25) is 0 Å². The molecule has 4 heteroatoms. The Hall–Kier alpha value is -2.75. The SMILES string of the molecule is O=CCCC(=O)[C@H](Cc1ccccc1)OC(=O)c1ccccc1. The quantitative estimate of drug-likeness (QED) is 0.555. The van der Waals surface area contributed by atoms with Gasteiger partial charge in [0.1, 0.15) is 6.29 Å². The minimum atomic E-state index is -0.884. The van der Waals surface area contributed by atoms with Gasteiger partial charge in [-0.15, -0.1) is 0 Å². The van der Waals surface area contributed by atoms with E-state index in [0.29, 0.717) is 18.3 Å². The van der Waals surface area contributed by atoms with Crippen molar-refractivity contribution in [2.24, 2.45) is 0 Å². The molecule has 4 nitrogen and oxygen atoms in total. The smallest absolute Gasteiger partial charge is 0.338 e. The first-order valence-corrected chi connectivity index (χ1v) is 7.47. The van der Waals surface area contributed by atoms with E-state index in [9.17, 15) is 14.4 Å². The topological polar surface area (TPSA) is 60.4 Å². The minimum absolute atomic E-state index is 0.0725. The van der Waals surface area contributed by atoms with Crippen molar-refractivity contribution >= 4 is 18.0 Å². The molecule has 23 heavy (non-hydrogen) atoms. The molecule has 0 spiro atoms. The normalized spacial score (nSPS) is 11.5. The second-order valence-electron chi connectivity index (χ2n) is 5.12. The Morgan fingerprint density at radius 3 is 2.17 bits per heavy atom. The molecule has 0 amide bonds. The first-order chi connectivity index (χ1) is 11.2. The van der Waals surface area contributed by atoms with Gasteiger partial charge in [-0.1, -0.05) is 48.5 Å². The first kappa shape index (κ1) is 16.6. The molecule has 2 aromatic carbocycles. The number of hydrogen-bond donors (Lipinski definition) is 0. The van der Waals surface area contributed by atoms with Gasteiger partial charge >= 0.3 is 5.97 Å². The second kappa shape index (κ2) is 8.63. The van der Waals surface area contributed by atoms with Crippen LogP contribution in [-0.4, -0.2) is 24.1 Å². The van der Waals surface area contributed by atoms with Crippen molar-refractivity contribution in [1.82, 2.24) is 0 Å². The summed E-state index contributed by atoms with van der Waals surface area (Å²) >= 11 is 0. The van der Waals surface area contributed by atoms with Gasteiger partial charge in [0.05, 0.1) is 5.56 Å². The van der Waals surface area contributed by atoms with E-state index in [2.05, 4.69) is 0 Å². The summed E-state index contributed by atoms with van der Waals surface area (Å²) in [5.74, 6) is -0.781. The minimum Gasteiger partial charge on any atom is -0.450 e. The van der Waals surface area contributed by atoms with Crippen LogP contribution in [0.5, 0.6) is 0 Å². The maximum Gasteiger partial charge on any atom is 0.338 e. The summed E-state index contributed by atoms with van der Waals surface area (Å²) < 4.78 is 5.39. The molecule has 0 fully saturated rings. The molecule has 0 unspecified atom stereocenters. The van der Waals surface area contributed by atoms with E-state index in [-0.39, 0.29) is 18.6 Å². The van der Waals surface area contributed by atoms with Crippen LogP contribution in [0.2, 0.25) is 0 Å². The van der Waals surface area contributed by atoms with E-state index < -0.39 is 12.1 Å². The summed E-state index contributed by atoms with van der Waals surface area (Å²) in [4.78, 5) is 34.9. The summed E-state index contributed by atoms with van der Waals surface area (Å²) in [7, 11) is 0. The van der Waals surface area contributed by atoms with Crippen LogP contribution in [-0.2, 0) is 20.7 Å². The highest BCUT2D eigenvalue weighted by Gasteiger charge is 2.23. The Balaban J connectivity index is 2.11. The molecule has 118 valence electrons. The van der Waals surface area contributed by atoms with Gasteiger partial charge in [0.25, 0.3) is 0 Å². The van der Waals surface area contributed by atoms with Crippen LogP contribution in [0.4, 0.5) is 0 Å². The zero-order valence-corrected chi connectivity index (χ0v) is 12.7. The monoisotopic (exact) mass is 310 g/mol. The lowest BCUT2D eigenvalue weighted by molar-refractivity contribution is -0.128. The third kappa shape index (κ3) is 5.18. The molecule has 0 bridgehead atoms. The number of hydrogen-bond acceptors (Lipinski definition) is 4. The molecule has 2 aromatic rings. The molecule has 2 rings (SSSR count). The third-order valence-corrected chi connectivity index (χ3v) is 3.39. The molecule has 0 aliphatic rings. The maximum absolute atomic E-state index is 12.2. The lowest BCUT2D eigenvalue weighted by atomic mass is 10.0. The number of rotatable bonds is 8. The number of benzene rings is 2. The van der Waals surface area contributed by atoms with Gasteiger partial charge in [-0.25, -0.2) is 4.79 Å². The zero-order valence-electron chi connectivity index (χ0n) is 12.7. The van der Waals surface area contributed by atoms with Crippen LogP contribution in [0.25, 0.3) is 0 Å². The fourth-order valence-corrected chi connectivity index (χ4v) is 2.18. The van der Waals surface area contributed by atoms with Crippen LogP contribution in [0.1, 0.15) is 28.8 Å². The highest BCUT2D eigenvalue weighted by atomic mass is 16.5. The Kier molecular flexibility index (Phi) is 6.24. The number of Topliss-reactive ketones (excluding diaryl/α,β-unsaturated/α-hetero) is 1. The van der Waals surface area contributed by atoms with Gasteiger partial charge in [0.15, 0.2) is 11.9 Å². The Labute approximate surface area is 135 Å². The molecule has 0 aliphatic heterocycles. The highest BCUT2D eigenvalue weighted by Crippen LogP contribution is 2.12. The van der Waals surface area contributed by atoms with Crippen molar-refractivity contribution in [2.45, 2.75) is 25.4 Å². The average molecular weight is 310 g/mol. The molecule has 0 heterocycles. The van der Waals surface area contributed by atoms with Gasteiger partial charge in [-0.3, -0.25) is 4.79 Å². The van der Waals surface area contributed by atoms with Crippen LogP contribution < -0.4 is 0 Å². The summed E-state index contributed by atoms with van der Waals surface area (Å²) in [6.07, 6.45) is 0.314. The highest BCUT2D eigenvalue weighted by molar-refractivity contribution is 5.93. The van der Waals surface area contributed by atoms with E-state index in [1.165, 1.54) is 0 Å². The van der Waals surface area contributed by atoms with Crippen molar-refractivity contribution in [2.75, 3.05) is 0 Å². The number of esters is 1. The van der Waals surface area contributed by atoms with Gasteiger partial charge < -0.3 is 9.53 Å². The molecule has 0 N–H and O–H groups in total. The Bertz CT molecular complexity index is 650. The van der Waals surface area contributed by atoms with E-state index >= 15 is 0 Å². The van der Waals surface area contributed by atoms with Crippen molar-refractivity contribution < 1.29 is 19.1 Å². The van der Waals surface area contributed by atoms with E-state index in [1.807, 2.05) is 30.3 Å². The van der Waals surface area contributed by atoms with Crippen molar-refractivity contribution in [3.05, 3.63) is 71.8 Å². The summed E-state index contributed by atoms with van der Waals surface area (Å²) in [6, 6.07) is 17.9. The van der Waals surface area contributed by atoms with Crippen LogP contribution >= 0.6 is 0 Å². The molecule has 0 radical (unpaired) electrons. The van der Waals surface area contributed by atoms with Crippen LogP contribution in [0.15, 0.2) is 60.7 Å². The molecule has 0 saturated carbocycles. The van der Waals surface area contributed by atoms with Gasteiger partial charge in [0, 0.05) is 19.3 Å². The molecule has 0 saturated heterocycles. The van der Waals surface area contributed by atoms with E-state index in [0.717, 1.165) is 5.56 Å². The van der Waals surface area contributed by atoms with Crippen LogP contribution in [0.3, 0.4) is 0 Å². The predicted molar refractivity (Wildman–Crippen MR) is 86.1 cm³/mol. The molecule has 0 aromatic heterocycles. The largest absolute Gasteiger partial charge is 0.450 e. The lowest BCUT2D eigenvalue weighted by Gasteiger charge is -2.17. The van der Waals surface area contributed by atoms with E-state index in [1.54, 1.807) is 30.3 Å². The maximum atomic E-state index is 12.2. The predicted octanol–water partition coefficient (Wildman–Crippen LogP) is 3.00. The molecular weight excluding hydrogens is 292 g/mol. The molecule has 1 atom stereocenters. The Morgan fingerprint density at radius 1 is 0.957 bits per heavy atom. The average Bonchev–Trinajstić information content (AvgIpc) is 2.60. The molecule has 0 aliphatic carbocycles. The summed E-state index contributed by atoms with van der Waals surface area (Å²) in [5.41, 5.74) is 1.30. The molecular formula is C19H18O4. The van der Waals surface area contributed by atoms with E-state index in [4.69, 9.17) is 4.74 Å². The van der Waals surface area contributed by atoms with Crippen molar-refractivity contribution in [3.63, 3.8) is 0 Å². The number of ether oxygens (including phenoxy) is 1. The number of carbonyl (C=O) groups excluding carboxylic acids is 3. The van der Waals surface area contributed by atoms with Crippen LogP contribution in [0, 0.1) is 0 Å². The number of aldehydes is 1. The summed E-state index contributed by atoms with van der Waals surface area (Å²) in [5, 5.41) is 0. The van der Waals surface area contributed by atoms with Gasteiger partial charge in [-0.2, -0.15) is 0 Å². The Morgan fingerprint density at radius 2 is 1.57 bits per heavy atom. The fourth-order valence-electron chi connectivity index (χ4n) is 2.18. The third-order valence-electron chi connectivity index (χ3n) is 3.39. The fraction of sp³-hybridized carbons (Fsp3) is 0.211. The standard InChI is InChI=1S/C19H18O4/c20-13-7-12-17(21)18(14-15-8-3-1-4-9-15)23-19(22)16-10-5-2-6-11-16/h1-6,8-11,13,18H,7,12,14H2/t18-/m0/s1. The lowest BCUT2D eigenvalue weighted by Crippen LogP contribution is -2.29. The zero-order chi connectivity index (χ0) is 16.5. The van der Waals surface area contributed by atoms with Crippen molar-refractivity contribution in [1.29, 1.82) is 0 Å². The van der Waals surface area contributed by atoms with Crippen molar-refractivity contribution in [3.8, 4) is 0 Å². The number of carbonyl (C=O) groups is 3. The second-order valence-corrected chi connectivity index (χ2v) is 5.12. The first-order valence-electron chi connectivity index (χ1n) is 7.47. The number of ketones is 1. The van der Waals surface area contributed by atoms with Gasteiger partial charge in [-0.05, 0) is 17.7 Å². The summed E-state index contributed by atoms with van der Waals surface area (Å²) in [6.45, 7) is 0.